The largest absolute Gasteiger partial charge is 0.397 e. The van der Waals surface area contributed by atoms with Crippen LogP contribution >= 0.6 is 0 Å². The van der Waals surface area contributed by atoms with Gasteiger partial charge in [-0.05, 0) is 32.0 Å². The van der Waals surface area contributed by atoms with Gasteiger partial charge in [-0.25, -0.2) is 0 Å². The van der Waals surface area contributed by atoms with Crippen molar-refractivity contribution in [2.45, 2.75) is 19.9 Å². The number of carbonyl (C=O) groups is 1. The molecule has 0 aliphatic carbocycles. The van der Waals surface area contributed by atoms with Crippen molar-refractivity contribution in [2.24, 2.45) is 0 Å². The molecule has 0 spiro atoms. The number of nitrogens with zero attached hydrogens (tertiary/aromatic N) is 1. The molecule has 0 aliphatic rings. The summed E-state index contributed by atoms with van der Waals surface area (Å²) in [5, 5.41) is 2.57. The zero-order valence-electron chi connectivity index (χ0n) is 10.2. The van der Waals surface area contributed by atoms with E-state index in [-0.39, 0.29) is 5.91 Å². The number of hydrogen-bond acceptors (Lipinski definition) is 3. The standard InChI is InChI=1S/C12H19N3O/c1-8(2)15(4)11-6-5-9(7-10(11)13)12(16)14-3/h5-8H,13H2,1-4H3,(H,14,16). The van der Waals surface area contributed by atoms with E-state index in [0.717, 1.165) is 5.69 Å². The monoisotopic (exact) mass is 221 g/mol. The molecular formula is C12H19N3O. The minimum Gasteiger partial charge on any atom is -0.397 e. The number of anilines is 2. The highest BCUT2D eigenvalue weighted by molar-refractivity contribution is 5.96. The summed E-state index contributed by atoms with van der Waals surface area (Å²) in [5.41, 5.74) is 8.08. The lowest BCUT2D eigenvalue weighted by Crippen LogP contribution is -2.26. The average molecular weight is 221 g/mol. The number of rotatable bonds is 3. The zero-order chi connectivity index (χ0) is 12.3. The van der Waals surface area contributed by atoms with Crippen LogP contribution in [0.4, 0.5) is 11.4 Å². The van der Waals surface area contributed by atoms with E-state index in [1.165, 1.54) is 0 Å². The van der Waals surface area contributed by atoms with Crippen molar-refractivity contribution >= 4 is 17.3 Å². The highest BCUT2D eigenvalue weighted by Gasteiger charge is 2.11. The zero-order valence-corrected chi connectivity index (χ0v) is 10.2. The Kier molecular flexibility index (Phi) is 3.77. The number of carbonyl (C=O) groups excluding carboxylic acids is 1. The van der Waals surface area contributed by atoms with Crippen LogP contribution in [-0.2, 0) is 0 Å². The van der Waals surface area contributed by atoms with Gasteiger partial charge in [0.05, 0.1) is 11.4 Å². The number of hydrogen-bond donors (Lipinski definition) is 2. The second kappa shape index (κ2) is 4.88. The molecule has 4 heteroatoms. The first-order valence-electron chi connectivity index (χ1n) is 5.31. The summed E-state index contributed by atoms with van der Waals surface area (Å²) in [6.07, 6.45) is 0. The predicted octanol–water partition coefficient (Wildman–Crippen LogP) is 1.47. The molecule has 3 N–H and O–H groups in total. The second-order valence-corrected chi connectivity index (χ2v) is 4.06. The smallest absolute Gasteiger partial charge is 0.251 e. The van der Waals surface area contributed by atoms with Crippen LogP contribution in [0.5, 0.6) is 0 Å². The molecule has 1 rings (SSSR count). The summed E-state index contributed by atoms with van der Waals surface area (Å²) in [6.45, 7) is 4.18. The third-order valence-electron chi connectivity index (χ3n) is 2.67. The molecule has 0 heterocycles. The topological polar surface area (TPSA) is 58.4 Å². The van der Waals surface area contributed by atoms with Gasteiger partial charge in [-0.2, -0.15) is 0 Å². The highest BCUT2D eigenvalue weighted by Crippen LogP contribution is 2.24. The SMILES string of the molecule is CNC(=O)c1ccc(N(C)C(C)C)c(N)c1. The van der Waals surface area contributed by atoms with Crippen LogP contribution in [0.1, 0.15) is 24.2 Å². The summed E-state index contributed by atoms with van der Waals surface area (Å²) in [4.78, 5) is 13.5. The molecule has 1 aromatic rings. The van der Waals surface area contributed by atoms with Gasteiger partial charge in [0.2, 0.25) is 0 Å². The Labute approximate surface area is 96.4 Å². The van der Waals surface area contributed by atoms with Gasteiger partial charge in [0.15, 0.2) is 0 Å². The van der Waals surface area contributed by atoms with E-state index in [1.807, 2.05) is 13.1 Å². The van der Waals surface area contributed by atoms with Crippen molar-refractivity contribution in [3.63, 3.8) is 0 Å². The van der Waals surface area contributed by atoms with Gasteiger partial charge >= 0.3 is 0 Å². The van der Waals surface area contributed by atoms with Crippen molar-refractivity contribution in [3.8, 4) is 0 Å². The fraction of sp³-hybridized carbons (Fsp3) is 0.417. The Bertz CT molecular complexity index is 388. The summed E-state index contributed by atoms with van der Waals surface area (Å²) >= 11 is 0. The average Bonchev–Trinajstić information content (AvgIpc) is 2.26. The minimum absolute atomic E-state index is 0.120. The van der Waals surface area contributed by atoms with Crippen LogP contribution in [-0.4, -0.2) is 26.0 Å². The van der Waals surface area contributed by atoms with Gasteiger partial charge in [0.1, 0.15) is 0 Å². The molecule has 1 amide bonds. The number of benzene rings is 1. The number of amides is 1. The van der Waals surface area contributed by atoms with E-state index < -0.39 is 0 Å². The van der Waals surface area contributed by atoms with E-state index >= 15 is 0 Å². The van der Waals surface area contributed by atoms with Crippen LogP contribution in [0.25, 0.3) is 0 Å². The van der Waals surface area contributed by atoms with Crippen molar-refractivity contribution in [3.05, 3.63) is 23.8 Å². The molecule has 0 unspecified atom stereocenters. The van der Waals surface area contributed by atoms with Gasteiger partial charge in [0.25, 0.3) is 5.91 Å². The molecule has 16 heavy (non-hydrogen) atoms. The molecule has 0 aliphatic heterocycles. The first-order chi connectivity index (χ1) is 7.47. The normalized spacial score (nSPS) is 10.3. The molecule has 88 valence electrons. The van der Waals surface area contributed by atoms with Gasteiger partial charge < -0.3 is 16.0 Å². The van der Waals surface area contributed by atoms with Crippen LogP contribution in [0, 0.1) is 0 Å². The first kappa shape index (κ1) is 12.4. The Morgan fingerprint density at radius 1 is 1.44 bits per heavy atom. The molecule has 1 aromatic carbocycles. The van der Waals surface area contributed by atoms with E-state index in [9.17, 15) is 4.79 Å². The van der Waals surface area contributed by atoms with Gasteiger partial charge in [0, 0.05) is 25.7 Å². The molecular weight excluding hydrogens is 202 g/mol. The Morgan fingerprint density at radius 2 is 2.06 bits per heavy atom. The van der Waals surface area contributed by atoms with E-state index in [1.54, 1.807) is 19.2 Å². The molecule has 0 fully saturated rings. The fourth-order valence-corrected chi connectivity index (χ4v) is 1.44. The lowest BCUT2D eigenvalue weighted by molar-refractivity contribution is 0.0963. The molecule has 0 saturated heterocycles. The fourth-order valence-electron chi connectivity index (χ4n) is 1.44. The maximum absolute atomic E-state index is 11.4. The molecule has 0 bridgehead atoms. The maximum Gasteiger partial charge on any atom is 0.251 e. The Morgan fingerprint density at radius 3 is 2.50 bits per heavy atom. The van der Waals surface area contributed by atoms with Crippen LogP contribution in [0.3, 0.4) is 0 Å². The molecule has 0 atom stereocenters. The van der Waals surface area contributed by atoms with Crippen LogP contribution in [0.15, 0.2) is 18.2 Å². The van der Waals surface area contributed by atoms with Gasteiger partial charge in [-0.3, -0.25) is 4.79 Å². The van der Waals surface area contributed by atoms with Crippen LogP contribution in [0.2, 0.25) is 0 Å². The summed E-state index contributed by atoms with van der Waals surface area (Å²) in [6, 6.07) is 5.73. The summed E-state index contributed by atoms with van der Waals surface area (Å²) in [5.74, 6) is -0.120. The van der Waals surface area contributed by atoms with Crippen molar-refractivity contribution < 1.29 is 4.79 Å². The number of nitrogen functional groups attached to an aromatic ring is 1. The first-order valence-corrected chi connectivity index (χ1v) is 5.31. The minimum atomic E-state index is -0.120. The number of nitrogens with two attached hydrogens (primary N) is 1. The maximum atomic E-state index is 11.4. The van der Waals surface area contributed by atoms with Crippen molar-refractivity contribution in [1.29, 1.82) is 0 Å². The molecule has 4 nitrogen and oxygen atoms in total. The van der Waals surface area contributed by atoms with Gasteiger partial charge in [-0.15, -0.1) is 0 Å². The lowest BCUT2D eigenvalue weighted by atomic mass is 10.1. The lowest BCUT2D eigenvalue weighted by Gasteiger charge is -2.25. The Balaban J connectivity index is 3.05. The van der Waals surface area contributed by atoms with Crippen LogP contribution < -0.4 is 16.0 Å². The van der Waals surface area contributed by atoms with E-state index in [0.29, 0.717) is 17.3 Å². The van der Waals surface area contributed by atoms with E-state index in [4.69, 9.17) is 5.73 Å². The third kappa shape index (κ3) is 2.45. The quantitative estimate of drug-likeness (QED) is 0.760. The third-order valence-corrected chi connectivity index (χ3v) is 2.67. The predicted molar refractivity (Wildman–Crippen MR) is 67.8 cm³/mol. The van der Waals surface area contributed by atoms with E-state index in [2.05, 4.69) is 24.1 Å². The Hall–Kier alpha value is -1.71. The molecule has 0 radical (unpaired) electrons. The highest BCUT2D eigenvalue weighted by atomic mass is 16.1. The van der Waals surface area contributed by atoms with Crippen molar-refractivity contribution in [1.82, 2.24) is 5.32 Å². The summed E-state index contributed by atoms with van der Waals surface area (Å²) < 4.78 is 0. The molecule has 0 saturated carbocycles. The summed E-state index contributed by atoms with van der Waals surface area (Å²) in [7, 11) is 3.59. The number of nitrogens with one attached hydrogen (secondary N) is 1. The molecule has 0 aromatic heterocycles. The second-order valence-electron chi connectivity index (χ2n) is 4.06. The van der Waals surface area contributed by atoms with Gasteiger partial charge in [-0.1, -0.05) is 0 Å². The van der Waals surface area contributed by atoms with Crippen molar-refractivity contribution in [2.75, 3.05) is 24.7 Å².